The third kappa shape index (κ3) is 7.02. The van der Waals surface area contributed by atoms with Crippen LogP contribution in [0.2, 0.25) is 0 Å². The predicted octanol–water partition coefficient (Wildman–Crippen LogP) is 6.11. The molecule has 3 aromatic heterocycles. The van der Waals surface area contributed by atoms with Gasteiger partial charge in [-0.25, -0.2) is 9.78 Å². The van der Waals surface area contributed by atoms with E-state index in [9.17, 15) is 24.0 Å². The first-order chi connectivity index (χ1) is 37.2. The van der Waals surface area contributed by atoms with Crippen molar-refractivity contribution in [2.45, 2.75) is 134 Å². The number of anilines is 2. The van der Waals surface area contributed by atoms with E-state index >= 15 is 0 Å². The van der Waals surface area contributed by atoms with Crippen LogP contribution in [0, 0.1) is 10.8 Å². The van der Waals surface area contributed by atoms with Crippen LogP contribution in [0.15, 0.2) is 70.9 Å². The van der Waals surface area contributed by atoms with Gasteiger partial charge in [0.1, 0.15) is 18.5 Å². The number of benzene rings is 2. The van der Waals surface area contributed by atoms with Crippen LogP contribution in [0.3, 0.4) is 0 Å². The van der Waals surface area contributed by atoms with Crippen LogP contribution in [0.4, 0.5) is 11.6 Å². The fourth-order valence-corrected chi connectivity index (χ4v) is 16.0. The van der Waals surface area contributed by atoms with E-state index in [2.05, 4.69) is 97.4 Å². The van der Waals surface area contributed by atoms with Gasteiger partial charge in [0.25, 0.3) is 5.56 Å². The highest BCUT2D eigenvalue weighted by atomic mass is 16.7. The summed E-state index contributed by atoms with van der Waals surface area (Å²) >= 11 is 0. The molecule has 5 aromatic rings. The lowest BCUT2D eigenvalue weighted by atomic mass is 9.53. The molecule has 0 unspecified atom stereocenters. The number of piperidine rings is 1. The molecule has 77 heavy (non-hydrogen) atoms. The summed E-state index contributed by atoms with van der Waals surface area (Å²) in [6.45, 7) is 11.5. The first kappa shape index (κ1) is 49.5. The number of para-hydroxylation sites is 1. The minimum Gasteiger partial charge on any atom is -0.496 e. The quantitative estimate of drug-likeness (QED) is 0.0728. The van der Waals surface area contributed by atoms with Gasteiger partial charge in [-0.05, 0) is 80.2 Å². The number of esters is 4. The van der Waals surface area contributed by atoms with Crippen LogP contribution in [0.1, 0.15) is 114 Å². The Morgan fingerprint density at radius 1 is 0.948 bits per heavy atom. The highest BCUT2D eigenvalue weighted by molar-refractivity contribution is 5.96. The second kappa shape index (κ2) is 18.0. The third-order valence-corrected chi connectivity index (χ3v) is 18.9. The molecule has 20 nitrogen and oxygen atoms in total. The first-order valence-electron chi connectivity index (χ1n) is 27.2. The van der Waals surface area contributed by atoms with Crippen molar-refractivity contribution in [2.75, 3.05) is 57.6 Å². The van der Waals surface area contributed by atoms with E-state index in [0.29, 0.717) is 24.6 Å². The fraction of sp³-hybridized carbons (Fsp3) is 0.526. The van der Waals surface area contributed by atoms with E-state index in [1.807, 2.05) is 0 Å². The molecule has 0 bridgehead atoms. The summed E-state index contributed by atoms with van der Waals surface area (Å²) in [5, 5.41) is 8.79. The average Bonchev–Trinajstić information content (AvgIpc) is 4.37. The van der Waals surface area contributed by atoms with Crippen molar-refractivity contribution in [3.05, 3.63) is 98.9 Å². The number of methoxy groups -OCH3 is 2. The van der Waals surface area contributed by atoms with E-state index < -0.39 is 70.8 Å². The molecule has 11 atom stereocenters. The van der Waals surface area contributed by atoms with Crippen molar-refractivity contribution in [1.29, 1.82) is 0 Å². The molecule has 2 aromatic carbocycles. The molecule has 1 spiro atoms. The van der Waals surface area contributed by atoms with E-state index in [0.717, 1.165) is 73.6 Å². The maximum absolute atomic E-state index is 15.0. The smallest absolute Gasteiger partial charge is 0.337 e. The number of hydrogen-bond acceptors (Lipinski definition) is 17. The molecule has 0 amide bonds. The molecule has 0 radical (unpaired) electrons. The molecule has 3 fully saturated rings. The van der Waals surface area contributed by atoms with Crippen LogP contribution in [0.5, 0.6) is 5.75 Å². The van der Waals surface area contributed by atoms with E-state index in [1.54, 1.807) is 7.11 Å². The number of fused-ring (bicyclic) bond motifs is 5. The van der Waals surface area contributed by atoms with Crippen LogP contribution in [-0.4, -0.2) is 135 Å². The van der Waals surface area contributed by atoms with Crippen molar-refractivity contribution in [3.8, 4) is 5.75 Å². The molecule has 13 rings (SSSR count). The van der Waals surface area contributed by atoms with Gasteiger partial charge in [0.15, 0.2) is 29.6 Å². The van der Waals surface area contributed by atoms with E-state index in [1.165, 1.54) is 73.8 Å². The summed E-state index contributed by atoms with van der Waals surface area (Å²) < 4.78 is 39.4. The van der Waals surface area contributed by atoms with Gasteiger partial charge in [0.2, 0.25) is 5.95 Å². The van der Waals surface area contributed by atoms with Crippen molar-refractivity contribution in [3.63, 3.8) is 0 Å². The van der Waals surface area contributed by atoms with Crippen molar-refractivity contribution >= 4 is 57.6 Å². The second-order valence-electron chi connectivity index (χ2n) is 22.3. The summed E-state index contributed by atoms with van der Waals surface area (Å²) in [6, 6.07) is 12.9. The molecule has 3 saturated heterocycles. The third-order valence-electron chi connectivity index (χ3n) is 18.9. The second-order valence-corrected chi connectivity index (χ2v) is 22.3. The largest absolute Gasteiger partial charge is 0.496 e. The standard InChI is InChI=1S/C57H65N9O11/c1-8-55-17-12-20-63-22-16-33-32-14-10-11-15-37(32)66(43(33)48(55)63)38(26-55)34-24-35-36(25-39(34)72-6)59-47-41(52(71)73-7)46(56(9-2)18-13-21-64-23-19-57(35,47)53(56)64)60-54-61-49-42(50(70)62-54)58-28-65(49)51-45(76-31(5)69)44(75-30(4)68)40(77-51)27-74-29(3)67/h10-11,13-15,18,24-25,28,38,40,44-46,48,51,53,59H,8-9,12,16-17,19-23,26-27H2,1-7H3,(H2,60,61,62,70)/t38-,40-,44-,45-,46+,48-,51-,53+,55+,56+,57+/m1/s1. The summed E-state index contributed by atoms with van der Waals surface area (Å²) in [4.78, 5) is 83.7. The van der Waals surface area contributed by atoms with Gasteiger partial charge in [-0.15, -0.1) is 0 Å². The highest BCUT2D eigenvalue weighted by Crippen LogP contribution is 2.67. The molecule has 3 N–H and O–H groups in total. The Bertz CT molecular complexity index is 3450. The zero-order valence-electron chi connectivity index (χ0n) is 44.5. The lowest BCUT2D eigenvalue weighted by molar-refractivity contribution is -0.166. The summed E-state index contributed by atoms with van der Waals surface area (Å²) in [6.07, 6.45) is 7.71. The van der Waals surface area contributed by atoms with Gasteiger partial charge in [-0.2, -0.15) is 4.98 Å². The van der Waals surface area contributed by atoms with Crippen molar-refractivity contribution < 1.29 is 47.6 Å². The zero-order valence-corrected chi connectivity index (χ0v) is 44.5. The molecule has 7 aliphatic heterocycles. The van der Waals surface area contributed by atoms with Crippen LogP contribution in [-0.2, 0) is 54.7 Å². The Balaban J connectivity index is 0.956. The van der Waals surface area contributed by atoms with Crippen molar-refractivity contribution in [2.24, 2.45) is 10.8 Å². The number of H-pyrrole nitrogens is 1. The molecule has 20 heteroatoms. The minimum absolute atomic E-state index is 0.0159. The highest BCUT2D eigenvalue weighted by Gasteiger charge is 2.69. The average molecular weight is 1050 g/mol. The Labute approximate surface area is 444 Å². The van der Waals surface area contributed by atoms with Gasteiger partial charge in [0.05, 0.1) is 49.7 Å². The summed E-state index contributed by atoms with van der Waals surface area (Å²) in [5.74, 6) is -1.70. The minimum atomic E-state index is -1.26. The van der Waals surface area contributed by atoms with E-state index in [-0.39, 0.29) is 41.2 Å². The number of aromatic nitrogens is 5. The summed E-state index contributed by atoms with van der Waals surface area (Å²) in [7, 11) is 3.15. The Morgan fingerprint density at radius 3 is 2.51 bits per heavy atom. The van der Waals surface area contributed by atoms with Crippen LogP contribution >= 0.6 is 0 Å². The number of hydrogen-bond donors (Lipinski definition) is 3. The maximum atomic E-state index is 15.0. The molecular weight excluding hydrogens is 987 g/mol. The number of nitrogens with one attached hydrogen (secondary N) is 3. The number of ether oxygens (including phenoxy) is 6. The fourth-order valence-electron chi connectivity index (χ4n) is 16.0. The van der Waals surface area contributed by atoms with Gasteiger partial charge < -0.3 is 43.6 Å². The zero-order chi connectivity index (χ0) is 53.4. The number of carbonyl (C=O) groups is 4. The number of aromatic amines is 1. The predicted molar refractivity (Wildman–Crippen MR) is 281 cm³/mol. The normalized spacial score (nSPS) is 31.5. The van der Waals surface area contributed by atoms with Gasteiger partial charge in [-0.1, -0.05) is 44.2 Å². The maximum Gasteiger partial charge on any atom is 0.337 e. The van der Waals surface area contributed by atoms with E-state index in [4.69, 9.17) is 33.4 Å². The molecule has 10 heterocycles. The van der Waals surface area contributed by atoms with Crippen LogP contribution < -0.4 is 20.9 Å². The Hall–Kier alpha value is -7.03. The van der Waals surface area contributed by atoms with Gasteiger partial charge in [0, 0.05) is 91.5 Å². The SMILES string of the molecule is CC[C@]12CCCN3CCc4c(n(c5ccccc45)[C@@H](c4cc5c(cc4OC)NC4=C(C(=O)OC)[C@H](Nc6nc7c(ncn7[C@@H]7O[C@H](COC(C)=O)[C@@H](OC(C)=O)[C@H]7OC(C)=O)c(=O)[nH]6)[C@]6(CC)C=CCN7CC[C@@]45[C@@H]76)C1)[C@@H]32. The van der Waals surface area contributed by atoms with Crippen LogP contribution in [0.25, 0.3) is 22.1 Å². The molecule has 404 valence electrons. The summed E-state index contributed by atoms with van der Waals surface area (Å²) in [5.41, 5.74) is 6.48. The lowest BCUT2D eigenvalue weighted by Gasteiger charge is -2.57. The van der Waals surface area contributed by atoms with Gasteiger partial charge in [-0.3, -0.25) is 38.5 Å². The molecule has 0 saturated carbocycles. The van der Waals surface area contributed by atoms with Crippen molar-refractivity contribution in [1.82, 2.24) is 33.9 Å². The number of carbonyl (C=O) groups excluding carboxylic acids is 4. The number of imidazole rings is 1. The topological polar surface area (TPSA) is 223 Å². The monoisotopic (exact) mass is 1050 g/mol. The first-order valence-corrected chi connectivity index (χ1v) is 27.2. The number of rotatable bonds is 12. The Kier molecular flexibility index (Phi) is 11.6. The molecular formula is C57H65N9O11. The molecule has 8 aliphatic rings. The lowest BCUT2D eigenvalue weighted by Crippen LogP contribution is -2.65. The molecule has 1 aliphatic carbocycles. The van der Waals surface area contributed by atoms with Gasteiger partial charge >= 0.3 is 23.9 Å². The Morgan fingerprint density at radius 2 is 1.75 bits per heavy atom. The number of nitrogens with zero attached hydrogens (tertiary/aromatic N) is 6.